The SMILES string of the molecule is NC(=O)c1ccccc1Cc1ccc2n[nH]c(I)c2c1. The number of hydrogen-bond donors (Lipinski definition) is 2. The van der Waals surface area contributed by atoms with E-state index in [1.54, 1.807) is 6.07 Å². The lowest BCUT2D eigenvalue weighted by Crippen LogP contribution is -2.13. The Morgan fingerprint density at radius 2 is 2.05 bits per heavy atom. The highest BCUT2D eigenvalue weighted by atomic mass is 127. The predicted octanol–water partition coefficient (Wildman–Crippen LogP) is 2.86. The Morgan fingerprint density at radius 1 is 1.25 bits per heavy atom. The summed E-state index contributed by atoms with van der Waals surface area (Å²) in [4.78, 5) is 11.4. The highest BCUT2D eigenvalue weighted by Gasteiger charge is 2.09. The van der Waals surface area contributed by atoms with Gasteiger partial charge in [-0.05, 0) is 58.3 Å². The van der Waals surface area contributed by atoms with Crippen molar-refractivity contribution in [3.63, 3.8) is 0 Å². The van der Waals surface area contributed by atoms with Crippen LogP contribution in [-0.4, -0.2) is 16.1 Å². The first kappa shape index (κ1) is 13.1. The molecule has 3 rings (SSSR count). The average molecular weight is 377 g/mol. The van der Waals surface area contributed by atoms with Gasteiger partial charge in [0.05, 0.1) is 5.52 Å². The maximum absolute atomic E-state index is 11.4. The zero-order valence-corrected chi connectivity index (χ0v) is 12.7. The minimum absolute atomic E-state index is 0.389. The number of primary amides is 1. The van der Waals surface area contributed by atoms with Crippen LogP contribution < -0.4 is 5.73 Å². The summed E-state index contributed by atoms with van der Waals surface area (Å²) in [6.07, 6.45) is 0.677. The Kier molecular flexibility index (Phi) is 3.43. The Bertz CT molecular complexity index is 795. The Hall–Kier alpha value is -1.89. The summed E-state index contributed by atoms with van der Waals surface area (Å²) in [6.45, 7) is 0. The fraction of sp³-hybridized carbons (Fsp3) is 0.0667. The normalized spacial score (nSPS) is 10.8. The highest BCUT2D eigenvalue weighted by molar-refractivity contribution is 14.1. The second kappa shape index (κ2) is 5.24. The number of aromatic amines is 1. The van der Waals surface area contributed by atoms with Crippen LogP contribution >= 0.6 is 22.6 Å². The number of nitrogens with one attached hydrogen (secondary N) is 1. The van der Waals surface area contributed by atoms with Gasteiger partial charge in [-0.15, -0.1) is 0 Å². The van der Waals surface area contributed by atoms with E-state index in [0.717, 1.165) is 25.7 Å². The molecule has 0 spiro atoms. The lowest BCUT2D eigenvalue weighted by molar-refractivity contribution is 0.0999. The molecule has 2 aromatic carbocycles. The number of carbonyl (C=O) groups is 1. The minimum Gasteiger partial charge on any atom is -0.366 e. The highest BCUT2D eigenvalue weighted by Crippen LogP contribution is 2.21. The number of fused-ring (bicyclic) bond motifs is 1. The average Bonchev–Trinajstić information content (AvgIpc) is 2.81. The van der Waals surface area contributed by atoms with Gasteiger partial charge in [-0.25, -0.2) is 0 Å². The fourth-order valence-electron chi connectivity index (χ4n) is 2.27. The molecule has 0 fully saturated rings. The van der Waals surface area contributed by atoms with Crippen molar-refractivity contribution in [1.82, 2.24) is 10.2 Å². The fourth-order valence-corrected chi connectivity index (χ4v) is 2.82. The van der Waals surface area contributed by atoms with Crippen LogP contribution in [0.1, 0.15) is 21.5 Å². The molecule has 0 aliphatic rings. The number of aromatic nitrogens is 2. The van der Waals surface area contributed by atoms with E-state index in [9.17, 15) is 4.79 Å². The van der Waals surface area contributed by atoms with E-state index in [-0.39, 0.29) is 5.91 Å². The molecule has 1 aromatic heterocycles. The number of nitrogens with zero attached hydrogens (tertiary/aromatic N) is 1. The molecule has 100 valence electrons. The number of nitrogens with two attached hydrogens (primary N) is 1. The summed E-state index contributed by atoms with van der Waals surface area (Å²) < 4.78 is 1.02. The van der Waals surface area contributed by atoms with Gasteiger partial charge in [0, 0.05) is 10.9 Å². The first-order chi connectivity index (χ1) is 9.65. The number of benzene rings is 2. The molecule has 1 heterocycles. The number of hydrogen-bond acceptors (Lipinski definition) is 2. The van der Waals surface area contributed by atoms with E-state index in [0.29, 0.717) is 12.0 Å². The smallest absolute Gasteiger partial charge is 0.248 e. The molecule has 0 saturated carbocycles. The predicted molar refractivity (Wildman–Crippen MR) is 86.6 cm³/mol. The Balaban J connectivity index is 2.01. The second-order valence-corrected chi connectivity index (χ2v) is 5.67. The molecule has 4 nitrogen and oxygen atoms in total. The van der Waals surface area contributed by atoms with Crippen molar-refractivity contribution >= 4 is 39.4 Å². The van der Waals surface area contributed by atoms with Crippen LogP contribution in [0.4, 0.5) is 0 Å². The van der Waals surface area contributed by atoms with Gasteiger partial charge < -0.3 is 5.73 Å². The van der Waals surface area contributed by atoms with Gasteiger partial charge in [-0.1, -0.05) is 24.3 Å². The Labute approximate surface area is 129 Å². The number of carbonyl (C=O) groups excluding carboxylic acids is 1. The summed E-state index contributed by atoms with van der Waals surface area (Å²) in [6, 6.07) is 13.5. The molecule has 0 bridgehead atoms. The van der Waals surface area contributed by atoms with Crippen LogP contribution in [0.25, 0.3) is 10.9 Å². The summed E-state index contributed by atoms with van der Waals surface area (Å²) in [5, 5.41) is 8.26. The molecule has 5 heteroatoms. The maximum Gasteiger partial charge on any atom is 0.248 e. The van der Waals surface area contributed by atoms with Gasteiger partial charge in [0.2, 0.25) is 5.91 Å². The van der Waals surface area contributed by atoms with Gasteiger partial charge in [0.1, 0.15) is 3.70 Å². The van der Waals surface area contributed by atoms with E-state index in [4.69, 9.17) is 5.73 Å². The van der Waals surface area contributed by atoms with E-state index in [2.05, 4.69) is 38.9 Å². The van der Waals surface area contributed by atoms with Gasteiger partial charge in [0.15, 0.2) is 0 Å². The van der Waals surface area contributed by atoms with Crippen LogP contribution in [0.15, 0.2) is 42.5 Å². The lowest BCUT2D eigenvalue weighted by atomic mass is 9.99. The molecule has 0 aliphatic heterocycles. The molecule has 3 aromatic rings. The van der Waals surface area contributed by atoms with Gasteiger partial charge in [-0.2, -0.15) is 5.10 Å². The molecule has 1 amide bonds. The van der Waals surface area contributed by atoms with Crippen LogP contribution in [0.5, 0.6) is 0 Å². The summed E-state index contributed by atoms with van der Waals surface area (Å²) in [5.74, 6) is -0.389. The standard InChI is InChI=1S/C15H12IN3O/c16-14-12-8-9(5-6-13(12)18-19-14)7-10-3-1-2-4-11(10)15(17)20/h1-6,8H,7H2,(H2,17,20)(H,18,19). The monoisotopic (exact) mass is 377 g/mol. The molecular formula is C15H12IN3O. The molecule has 20 heavy (non-hydrogen) atoms. The second-order valence-electron chi connectivity index (χ2n) is 4.59. The summed E-state index contributed by atoms with van der Waals surface area (Å²) in [5.41, 5.74) is 9.01. The van der Waals surface area contributed by atoms with Crippen molar-refractivity contribution < 1.29 is 4.79 Å². The van der Waals surface area contributed by atoms with Crippen molar-refractivity contribution in [2.75, 3.05) is 0 Å². The van der Waals surface area contributed by atoms with Gasteiger partial charge >= 0.3 is 0 Å². The van der Waals surface area contributed by atoms with Crippen LogP contribution in [0, 0.1) is 3.70 Å². The zero-order valence-electron chi connectivity index (χ0n) is 10.6. The number of halogens is 1. The number of H-pyrrole nitrogens is 1. The number of amides is 1. The Morgan fingerprint density at radius 3 is 2.85 bits per heavy atom. The van der Waals surface area contributed by atoms with Gasteiger partial charge in [-0.3, -0.25) is 9.89 Å². The molecule has 0 unspecified atom stereocenters. The summed E-state index contributed by atoms with van der Waals surface area (Å²) >= 11 is 2.23. The van der Waals surface area contributed by atoms with Crippen molar-refractivity contribution in [1.29, 1.82) is 0 Å². The molecule has 0 saturated heterocycles. The molecular weight excluding hydrogens is 365 g/mol. The van der Waals surface area contributed by atoms with E-state index >= 15 is 0 Å². The first-order valence-electron chi connectivity index (χ1n) is 6.15. The van der Waals surface area contributed by atoms with Crippen LogP contribution in [-0.2, 0) is 6.42 Å². The zero-order chi connectivity index (χ0) is 14.1. The van der Waals surface area contributed by atoms with Gasteiger partial charge in [0.25, 0.3) is 0 Å². The maximum atomic E-state index is 11.4. The topological polar surface area (TPSA) is 71.8 Å². The minimum atomic E-state index is -0.389. The molecule has 0 atom stereocenters. The third kappa shape index (κ3) is 2.40. The number of rotatable bonds is 3. The van der Waals surface area contributed by atoms with E-state index < -0.39 is 0 Å². The van der Waals surface area contributed by atoms with Crippen molar-refractivity contribution in [3.8, 4) is 0 Å². The van der Waals surface area contributed by atoms with Crippen LogP contribution in [0.2, 0.25) is 0 Å². The van der Waals surface area contributed by atoms with Crippen molar-refractivity contribution in [3.05, 3.63) is 62.9 Å². The lowest BCUT2D eigenvalue weighted by Gasteiger charge is -2.06. The molecule has 0 radical (unpaired) electrons. The first-order valence-corrected chi connectivity index (χ1v) is 7.23. The van der Waals surface area contributed by atoms with Crippen LogP contribution in [0.3, 0.4) is 0 Å². The largest absolute Gasteiger partial charge is 0.366 e. The summed E-state index contributed by atoms with van der Waals surface area (Å²) in [7, 11) is 0. The van der Waals surface area contributed by atoms with Crippen molar-refractivity contribution in [2.24, 2.45) is 5.73 Å². The molecule has 0 aliphatic carbocycles. The quantitative estimate of drug-likeness (QED) is 0.689. The third-order valence-electron chi connectivity index (χ3n) is 3.25. The van der Waals surface area contributed by atoms with E-state index in [1.165, 1.54) is 0 Å². The van der Waals surface area contributed by atoms with E-state index in [1.807, 2.05) is 30.3 Å². The molecule has 3 N–H and O–H groups in total. The van der Waals surface area contributed by atoms with Crippen molar-refractivity contribution in [2.45, 2.75) is 6.42 Å². The third-order valence-corrected chi connectivity index (χ3v) is 4.07.